The average molecular weight is 539 g/mol. The summed E-state index contributed by atoms with van der Waals surface area (Å²) in [5.74, 6) is 1.46. The molecule has 0 aliphatic carbocycles. The number of methoxy groups -OCH3 is 2. The average Bonchev–Trinajstić information content (AvgIpc) is 2.89. The maximum Gasteiger partial charge on any atom is 0.269 e. The summed E-state index contributed by atoms with van der Waals surface area (Å²) in [6.07, 6.45) is 1.61. The minimum atomic E-state index is -0.545. The number of aromatic nitrogens is 1. The lowest BCUT2D eigenvalue weighted by molar-refractivity contribution is -0.384. The fourth-order valence-electron chi connectivity index (χ4n) is 3.39. The van der Waals surface area contributed by atoms with E-state index in [1.165, 1.54) is 24.3 Å². The Morgan fingerprint density at radius 2 is 1.68 bits per heavy atom. The van der Waals surface area contributed by atoms with Gasteiger partial charge in [0.25, 0.3) is 11.6 Å². The SMILES string of the molecule is COc1cc2nccc(Oc3ccc(NC(=S)NC(=O)c4ccc([N+](=O)[O-])cc4)cc3Cl)c2cc1OC. The van der Waals surface area contributed by atoms with Crippen LogP contribution in [0, 0.1) is 10.1 Å². The molecule has 0 atom stereocenters. The predicted molar refractivity (Wildman–Crippen MR) is 143 cm³/mol. The van der Waals surface area contributed by atoms with E-state index in [0.29, 0.717) is 44.6 Å². The van der Waals surface area contributed by atoms with Crippen LogP contribution in [0.25, 0.3) is 10.9 Å². The highest BCUT2D eigenvalue weighted by Gasteiger charge is 2.14. The second-order valence-electron chi connectivity index (χ2n) is 7.49. The van der Waals surface area contributed by atoms with Crippen molar-refractivity contribution in [3.8, 4) is 23.0 Å². The van der Waals surface area contributed by atoms with Crippen molar-refractivity contribution >= 4 is 57.1 Å². The van der Waals surface area contributed by atoms with Gasteiger partial charge in [0, 0.05) is 41.0 Å². The molecule has 4 rings (SSSR count). The number of fused-ring (bicyclic) bond motifs is 1. The summed E-state index contributed by atoms with van der Waals surface area (Å²) in [6.45, 7) is 0. The number of hydrogen-bond acceptors (Lipinski definition) is 8. The molecule has 1 amide bonds. The first-order valence-electron chi connectivity index (χ1n) is 10.6. The second kappa shape index (κ2) is 11.1. The van der Waals surface area contributed by atoms with E-state index in [1.54, 1.807) is 56.8 Å². The molecular formula is C25H19ClN4O6S. The number of anilines is 1. The lowest BCUT2D eigenvalue weighted by atomic mass is 10.2. The predicted octanol–water partition coefficient (Wildman–Crippen LogP) is 5.73. The summed E-state index contributed by atoms with van der Waals surface area (Å²) < 4.78 is 16.8. The van der Waals surface area contributed by atoms with Crippen LogP contribution >= 0.6 is 23.8 Å². The van der Waals surface area contributed by atoms with Crippen LogP contribution in [0.4, 0.5) is 11.4 Å². The number of non-ortho nitro benzene ring substituents is 1. The third-order valence-corrected chi connectivity index (χ3v) is 5.68. The number of carbonyl (C=O) groups is 1. The highest BCUT2D eigenvalue weighted by molar-refractivity contribution is 7.80. The van der Waals surface area contributed by atoms with E-state index in [9.17, 15) is 14.9 Å². The zero-order chi connectivity index (χ0) is 26.5. The Morgan fingerprint density at radius 1 is 0.973 bits per heavy atom. The minimum absolute atomic E-state index is 0.0225. The fraction of sp³-hybridized carbons (Fsp3) is 0.0800. The number of nitrogens with zero attached hydrogens (tertiary/aromatic N) is 2. The quantitative estimate of drug-likeness (QED) is 0.172. The summed E-state index contributed by atoms with van der Waals surface area (Å²) in [5.41, 5.74) is 1.26. The first kappa shape index (κ1) is 25.6. The van der Waals surface area contributed by atoms with Crippen LogP contribution in [0.5, 0.6) is 23.0 Å². The summed E-state index contributed by atoms with van der Waals surface area (Å²) >= 11 is 11.7. The maximum absolute atomic E-state index is 12.4. The summed E-state index contributed by atoms with van der Waals surface area (Å²) in [5, 5.41) is 17.2. The van der Waals surface area contributed by atoms with Crippen molar-refractivity contribution in [1.29, 1.82) is 0 Å². The number of nitro groups is 1. The van der Waals surface area contributed by atoms with Gasteiger partial charge in [0.1, 0.15) is 11.5 Å². The van der Waals surface area contributed by atoms with E-state index in [4.69, 9.17) is 38.0 Å². The molecule has 0 saturated carbocycles. The molecule has 0 spiro atoms. The van der Waals surface area contributed by atoms with Gasteiger partial charge in [-0.15, -0.1) is 0 Å². The molecule has 10 nitrogen and oxygen atoms in total. The molecule has 0 bridgehead atoms. The molecule has 37 heavy (non-hydrogen) atoms. The van der Waals surface area contributed by atoms with Gasteiger partial charge in [-0.05, 0) is 54.7 Å². The standard InChI is InChI=1S/C25H19ClN4O6S/c1-34-22-12-17-19(13-23(22)35-2)27-10-9-20(17)36-21-8-5-15(11-18(21)26)28-25(37)29-24(31)14-3-6-16(7-4-14)30(32)33/h3-13H,1-2H3,(H2,28,29,31,37). The van der Waals surface area contributed by atoms with Crippen molar-refractivity contribution in [2.24, 2.45) is 0 Å². The Kier molecular flexibility index (Phi) is 7.66. The van der Waals surface area contributed by atoms with Crippen molar-refractivity contribution in [1.82, 2.24) is 10.3 Å². The van der Waals surface area contributed by atoms with Crippen LogP contribution in [0.1, 0.15) is 10.4 Å². The van der Waals surface area contributed by atoms with E-state index in [1.807, 2.05) is 0 Å². The number of nitro benzene ring substituents is 1. The van der Waals surface area contributed by atoms with E-state index in [2.05, 4.69) is 15.6 Å². The number of benzene rings is 3. The molecule has 3 aromatic carbocycles. The van der Waals surface area contributed by atoms with Gasteiger partial charge in [0.2, 0.25) is 0 Å². The Hall–Kier alpha value is -4.48. The van der Waals surface area contributed by atoms with Crippen molar-refractivity contribution in [3.63, 3.8) is 0 Å². The first-order valence-corrected chi connectivity index (χ1v) is 11.4. The van der Waals surface area contributed by atoms with Gasteiger partial charge < -0.3 is 19.5 Å². The number of carbonyl (C=O) groups excluding carboxylic acids is 1. The van der Waals surface area contributed by atoms with E-state index < -0.39 is 10.8 Å². The normalized spacial score (nSPS) is 10.5. The summed E-state index contributed by atoms with van der Waals surface area (Å²) in [7, 11) is 3.09. The van der Waals surface area contributed by atoms with Gasteiger partial charge in [0.05, 0.1) is 29.7 Å². The Bertz CT molecular complexity index is 1510. The van der Waals surface area contributed by atoms with Gasteiger partial charge in [-0.25, -0.2) is 0 Å². The largest absolute Gasteiger partial charge is 0.493 e. The second-order valence-corrected chi connectivity index (χ2v) is 8.31. The number of ether oxygens (including phenoxy) is 3. The van der Waals surface area contributed by atoms with Crippen molar-refractivity contribution in [2.75, 3.05) is 19.5 Å². The van der Waals surface area contributed by atoms with E-state index in [-0.39, 0.29) is 16.4 Å². The molecule has 1 heterocycles. The van der Waals surface area contributed by atoms with Crippen LogP contribution in [0.15, 0.2) is 66.9 Å². The third-order valence-electron chi connectivity index (χ3n) is 5.18. The van der Waals surface area contributed by atoms with Gasteiger partial charge >= 0.3 is 0 Å². The monoisotopic (exact) mass is 538 g/mol. The van der Waals surface area contributed by atoms with Gasteiger partial charge in [0.15, 0.2) is 16.6 Å². The van der Waals surface area contributed by atoms with Crippen LogP contribution in [0.2, 0.25) is 5.02 Å². The zero-order valence-electron chi connectivity index (χ0n) is 19.5. The number of rotatable bonds is 7. The third kappa shape index (κ3) is 5.85. The topological polar surface area (TPSA) is 125 Å². The van der Waals surface area contributed by atoms with Gasteiger partial charge in [-0.3, -0.25) is 25.2 Å². The minimum Gasteiger partial charge on any atom is -0.493 e. The highest BCUT2D eigenvalue weighted by atomic mass is 35.5. The number of nitrogens with one attached hydrogen (secondary N) is 2. The number of hydrogen-bond donors (Lipinski definition) is 2. The van der Waals surface area contributed by atoms with Gasteiger partial charge in [-0.2, -0.15) is 0 Å². The summed E-state index contributed by atoms with van der Waals surface area (Å²) in [6, 6.07) is 15.3. The van der Waals surface area contributed by atoms with Crippen LogP contribution in [0.3, 0.4) is 0 Å². The lowest BCUT2D eigenvalue weighted by Gasteiger charge is -2.14. The maximum atomic E-state index is 12.4. The van der Waals surface area contributed by atoms with Crippen molar-refractivity contribution in [3.05, 3.63) is 87.6 Å². The molecule has 0 radical (unpaired) electrons. The van der Waals surface area contributed by atoms with Gasteiger partial charge in [-0.1, -0.05) is 11.6 Å². The fourth-order valence-corrected chi connectivity index (χ4v) is 3.82. The van der Waals surface area contributed by atoms with E-state index in [0.717, 1.165) is 0 Å². The Morgan fingerprint density at radius 3 is 2.32 bits per heavy atom. The highest BCUT2D eigenvalue weighted by Crippen LogP contribution is 2.38. The molecule has 0 fully saturated rings. The molecule has 0 saturated heterocycles. The molecular weight excluding hydrogens is 520 g/mol. The van der Waals surface area contributed by atoms with Crippen LogP contribution in [-0.4, -0.2) is 35.1 Å². The number of halogens is 1. The molecule has 0 unspecified atom stereocenters. The van der Waals surface area contributed by atoms with Crippen LogP contribution < -0.4 is 24.8 Å². The molecule has 188 valence electrons. The zero-order valence-corrected chi connectivity index (χ0v) is 21.1. The van der Waals surface area contributed by atoms with E-state index >= 15 is 0 Å². The molecule has 12 heteroatoms. The molecule has 0 aliphatic heterocycles. The summed E-state index contributed by atoms with van der Waals surface area (Å²) in [4.78, 5) is 26.9. The van der Waals surface area contributed by atoms with Crippen molar-refractivity contribution < 1.29 is 23.9 Å². The lowest BCUT2D eigenvalue weighted by Crippen LogP contribution is -2.34. The number of thiocarbonyl (C=S) groups is 1. The molecule has 1 aromatic heterocycles. The first-order chi connectivity index (χ1) is 17.8. The molecule has 4 aromatic rings. The molecule has 2 N–H and O–H groups in total. The number of amides is 1. The Labute approximate surface area is 221 Å². The Balaban J connectivity index is 1.46. The smallest absolute Gasteiger partial charge is 0.269 e. The van der Waals surface area contributed by atoms with Crippen molar-refractivity contribution in [2.45, 2.75) is 0 Å². The van der Waals surface area contributed by atoms with Crippen LogP contribution in [-0.2, 0) is 0 Å². The number of pyridine rings is 1. The molecule has 0 aliphatic rings.